The molecule has 8 aromatic carbocycles. The Labute approximate surface area is 389 Å². The van der Waals surface area contributed by atoms with Crippen LogP contribution in [-0.4, -0.2) is 16.5 Å². The van der Waals surface area contributed by atoms with E-state index in [0.29, 0.717) is 0 Å². The third-order valence-corrected chi connectivity index (χ3v) is 15.8. The van der Waals surface area contributed by atoms with Crippen molar-refractivity contribution in [3.63, 3.8) is 0 Å². The smallest absolute Gasteiger partial charge is 0.155 e. The van der Waals surface area contributed by atoms with Gasteiger partial charge in [-0.25, -0.2) is 9.98 Å². The standard InChI is InChI=1S/C62H45N3S/c1-2-44-58(40-19-6-3-7-20-40)64-61(43-23-10-5-11-24-43)65-59(44)42-35-33-39(34-36-42)45-26-18-29-52-57(45)49-37-48-47(46-25-12-15-30-54(46)63-60(48)41-21-8-4-9-22-41)38-53(49)62(52)50-27-13-16-31-55(50)66-56-32-17-14-28-51(56)62/h3-38,44,49,53,59H,2H2,1H3. The summed E-state index contributed by atoms with van der Waals surface area (Å²) in [5.74, 6) is 1.10. The van der Waals surface area contributed by atoms with Crippen molar-refractivity contribution >= 4 is 46.4 Å². The predicted octanol–water partition coefficient (Wildman–Crippen LogP) is 13.4. The summed E-state index contributed by atoms with van der Waals surface area (Å²) in [6.07, 6.45) is 6.17. The zero-order valence-corrected chi connectivity index (χ0v) is 37.4. The lowest BCUT2D eigenvalue weighted by atomic mass is 9.62. The Bertz CT molecular complexity index is 3510. The van der Waals surface area contributed by atoms with E-state index < -0.39 is 5.41 Å². The van der Waals surface area contributed by atoms with Crippen LogP contribution >= 0.6 is 11.8 Å². The lowest BCUT2D eigenvalue weighted by Crippen LogP contribution is -2.42. The van der Waals surface area contributed by atoms with Gasteiger partial charge in [0.25, 0.3) is 0 Å². The Morgan fingerprint density at radius 2 is 1.12 bits per heavy atom. The summed E-state index contributed by atoms with van der Waals surface area (Å²) < 4.78 is 0. The van der Waals surface area contributed by atoms with Crippen molar-refractivity contribution in [1.82, 2.24) is 4.98 Å². The summed E-state index contributed by atoms with van der Waals surface area (Å²) in [5.41, 5.74) is 15.3. The van der Waals surface area contributed by atoms with Crippen molar-refractivity contribution in [3.8, 4) is 22.4 Å². The first kappa shape index (κ1) is 39.0. The first-order chi connectivity index (χ1) is 32.7. The van der Waals surface area contributed by atoms with E-state index in [1.54, 1.807) is 0 Å². The van der Waals surface area contributed by atoms with E-state index in [9.17, 15) is 0 Å². The molecule has 0 bridgehead atoms. The van der Waals surface area contributed by atoms with Crippen LogP contribution in [-0.2, 0) is 5.41 Å². The van der Waals surface area contributed by atoms with Gasteiger partial charge in [-0.3, -0.25) is 4.99 Å². The van der Waals surface area contributed by atoms with Gasteiger partial charge in [-0.2, -0.15) is 0 Å². The molecule has 9 aromatic rings. The molecule has 4 aliphatic rings. The summed E-state index contributed by atoms with van der Waals surface area (Å²) in [6, 6.07) is 75.3. The number of benzene rings is 8. The summed E-state index contributed by atoms with van der Waals surface area (Å²) in [4.78, 5) is 18.8. The number of aliphatic imine (C=N–C) groups is 2. The second-order valence-electron chi connectivity index (χ2n) is 18.0. The van der Waals surface area contributed by atoms with E-state index >= 15 is 0 Å². The fourth-order valence-electron chi connectivity index (χ4n) is 11.8. The average Bonchev–Trinajstić information content (AvgIpc) is 3.68. The third kappa shape index (κ3) is 5.94. The van der Waals surface area contributed by atoms with Crippen molar-refractivity contribution in [2.24, 2.45) is 21.8 Å². The minimum atomic E-state index is -0.425. The number of para-hydroxylation sites is 1. The molecule has 3 heterocycles. The average molecular weight is 864 g/mol. The molecule has 4 atom stereocenters. The zero-order valence-electron chi connectivity index (χ0n) is 36.6. The summed E-state index contributed by atoms with van der Waals surface area (Å²) >= 11 is 1.91. The Hall–Kier alpha value is -7.40. The van der Waals surface area contributed by atoms with Crippen LogP contribution in [0, 0.1) is 11.8 Å². The van der Waals surface area contributed by atoms with Gasteiger partial charge in [0.1, 0.15) is 0 Å². The van der Waals surface area contributed by atoms with E-state index in [1.165, 1.54) is 64.6 Å². The van der Waals surface area contributed by atoms with Gasteiger partial charge in [0.15, 0.2) is 5.84 Å². The van der Waals surface area contributed by atoms with E-state index in [1.807, 2.05) is 11.8 Å². The molecule has 66 heavy (non-hydrogen) atoms. The highest BCUT2D eigenvalue weighted by atomic mass is 32.2. The molecule has 0 radical (unpaired) electrons. The number of aromatic nitrogens is 1. The maximum atomic E-state index is 5.45. The van der Waals surface area contributed by atoms with E-state index in [4.69, 9.17) is 15.0 Å². The summed E-state index contributed by atoms with van der Waals surface area (Å²) in [7, 11) is 0. The largest absolute Gasteiger partial charge is 0.257 e. The van der Waals surface area contributed by atoms with Crippen molar-refractivity contribution < 1.29 is 0 Å². The second kappa shape index (κ2) is 15.6. The van der Waals surface area contributed by atoms with Gasteiger partial charge in [0.2, 0.25) is 0 Å². The van der Waals surface area contributed by atoms with Gasteiger partial charge < -0.3 is 0 Å². The quantitative estimate of drug-likeness (QED) is 0.167. The summed E-state index contributed by atoms with van der Waals surface area (Å²) in [5, 5.41) is 3.69. The highest BCUT2D eigenvalue weighted by Crippen LogP contribution is 2.65. The van der Waals surface area contributed by atoms with Gasteiger partial charge in [-0.15, -0.1) is 0 Å². The zero-order chi connectivity index (χ0) is 43.8. The molecule has 2 aliphatic heterocycles. The number of hydrogen-bond donors (Lipinski definition) is 0. The van der Waals surface area contributed by atoms with Crippen LogP contribution in [0.1, 0.15) is 64.2 Å². The highest BCUT2D eigenvalue weighted by molar-refractivity contribution is 7.99. The fraction of sp³-hybridized carbons (Fsp3) is 0.113. The topological polar surface area (TPSA) is 37.6 Å². The predicted molar refractivity (Wildman–Crippen MR) is 273 cm³/mol. The highest BCUT2D eigenvalue weighted by Gasteiger charge is 2.57. The Kier molecular flexibility index (Phi) is 9.25. The lowest BCUT2D eigenvalue weighted by molar-refractivity contribution is 0.473. The van der Waals surface area contributed by atoms with Crippen LogP contribution in [0.2, 0.25) is 0 Å². The molecule has 314 valence electrons. The molecular weight excluding hydrogens is 819 g/mol. The van der Waals surface area contributed by atoms with Crippen molar-refractivity contribution in [3.05, 3.63) is 256 Å². The fourth-order valence-corrected chi connectivity index (χ4v) is 13.0. The molecule has 0 amide bonds. The van der Waals surface area contributed by atoms with Gasteiger partial charge in [-0.1, -0.05) is 219 Å². The maximum absolute atomic E-state index is 5.45. The van der Waals surface area contributed by atoms with Crippen LogP contribution in [0.3, 0.4) is 0 Å². The van der Waals surface area contributed by atoms with Crippen molar-refractivity contribution in [2.45, 2.75) is 40.5 Å². The van der Waals surface area contributed by atoms with Gasteiger partial charge in [0.05, 0.1) is 28.4 Å². The van der Waals surface area contributed by atoms with Crippen molar-refractivity contribution in [1.29, 1.82) is 0 Å². The van der Waals surface area contributed by atoms with Gasteiger partial charge >= 0.3 is 0 Å². The molecule has 0 saturated carbocycles. The number of nitrogens with zero attached hydrogens (tertiary/aromatic N) is 3. The maximum Gasteiger partial charge on any atom is 0.155 e. The number of pyridine rings is 1. The molecule has 2 aliphatic carbocycles. The van der Waals surface area contributed by atoms with Gasteiger partial charge in [-0.05, 0) is 74.3 Å². The Morgan fingerprint density at radius 1 is 0.515 bits per heavy atom. The summed E-state index contributed by atoms with van der Waals surface area (Å²) in [6.45, 7) is 2.27. The Balaban J connectivity index is 1.03. The minimum Gasteiger partial charge on any atom is -0.257 e. The first-order valence-electron chi connectivity index (χ1n) is 23.2. The number of amidine groups is 1. The van der Waals surface area contributed by atoms with E-state index in [2.05, 4.69) is 225 Å². The van der Waals surface area contributed by atoms with Crippen LogP contribution in [0.5, 0.6) is 0 Å². The third-order valence-electron chi connectivity index (χ3n) is 14.6. The van der Waals surface area contributed by atoms with Crippen LogP contribution in [0.25, 0.3) is 45.4 Å². The monoisotopic (exact) mass is 863 g/mol. The molecule has 0 saturated heterocycles. The van der Waals surface area contributed by atoms with Crippen LogP contribution in [0.15, 0.2) is 226 Å². The van der Waals surface area contributed by atoms with Gasteiger partial charge in [0, 0.05) is 49.3 Å². The molecule has 1 aromatic heterocycles. The molecule has 3 nitrogen and oxygen atoms in total. The van der Waals surface area contributed by atoms with Crippen LogP contribution < -0.4 is 10.4 Å². The molecule has 0 fully saturated rings. The first-order valence-corrected chi connectivity index (χ1v) is 24.1. The van der Waals surface area contributed by atoms with E-state index in [0.717, 1.165) is 45.9 Å². The SMILES string of the molecule is CCC1C(c2ccccc2)=NC(c2ccccc2)=NC1c1ccc(-c2cccc3c2C2C=c4c(-c5ccccc5)nc5ccccc5c4=CC2C32c3ccccc3Sc3ccccc32)cc1. The lowest BCUT2D eigenvalue weighted by Gasteiger charge is -2.43. The molecule has 4 unspecified atom stereocenters. The minimum absolute atomic E-state index is 0.0727. The van der Waals surface area contributed by atoms with Crippen LogP contribution in [0.4, 0.5) is 0 Å². The number of hydrogen-bond acceptors (Lipinski definition) is 4. The normalized spacial score (nSPS) is 19.5. The molecular formula is C62H45N3S. The second-order valence-corrected chi connectivity index (χ2v) is 19.1. The number of rotatable bonds is 6. The molecule has 1 spiro atoms. The molecule has 4 heteroatoms. The molecule has 13 rings (SSSR count). The van der Waals surface area contributed by atoms with Crippen molar-refractivity contribution in [2.75, 3.05) is 0 Å². The Morgan fingerprint density at radius 3 is 1.82 bits per heavy atom. The van der Waals surface area contributed by atoms with E-state index in [-0.39, 0.29) is 23.8 Å². The molecule has 0 N–H and O–H groups in total. The number of fused-ring (bicyclic) bond motifs is 12.